The standard InChI is InChI=1S/C24H26N4O2S/c1-4-15-30-20-13-9-18(10-14-20)22-25-24-28(26-22)23(29)21(31-24)16-17-7-11-19(12-8-17)27(5-2)6-3/h7-14,16H,4-6,15H2,1-3H3/b21-16+. The first-order chi connectivity index (χ1) is 15.1. The second-order valence-corrected chi connectivity index (χ2v) is 8.19. The zero-order valence-corrected chi connectivity index (χ0v) is 18.9. The molecule has 4 aromatic rings. The fourth-order valence-electron chi connectivity index (χ4n) is 3.40. The van der Waals surface area contributed by atoms with E-state index in [1.807, 2.05) is 42.5 Å². The second kappa shape index (κ2) is 9.31. The van der Waals surface area contributed by atoms with E-state index in [4.69, 9.17) is 4.74 Å². The molecule has 0 bridgehead atoms. The van der Waals surface area contributed by atoms with E-state index in [1.165, 1.54) is 21.5 Å². The highest BCUT2D eigenvalue weighted by molar-refractivity contribution is 7.15. The van der Waals surface area contributed by atoms with Crippen molar-refractivity contribution in [3.8, 4) is 17.1 Å². The fraction of sp³-hybridized carbons (Fsp3) is 0.292. The van der Waals surface area contributed by atoms with E-state index in [-0.39, 0.29) is 5.56 Å². The van der Waals surface area contributed by atoms with Crippen LogP contribution in [0, 0.1) is 0 Å². The Morgan fingerprint density at radius 3 is 2.35 bits per heavy atom. The van der Waals surface area contributed by atoms with Gasteiger partial charge in [0.2, 0.25) is 4.96 Å². The molecule has 160 valence electrons. The molecule has 31 heavy (non-hydrogen) atoms. The summed E-state index contributed by atoms with van der Waals surface area (Å²) in [4.78, 5) is 20.3. The Kier molecular flexibility index (Phi) is 6.32. The van der Waals surface area contributed by atoms with Crippen LogP contribution in [0.25, 0.3) is 22.4 Å². The molecule has 6 nitrogen and oxygen atoms in total. The molecule has 2 aromatic carbocycles. The third kappa shape index (κ3) is 4.46. The minimum atomic E-state index is -0.144. The van der Waals surface area contributed by atoms with Crippen molar-refractivity contribution in [2.75, 3.05) is 24.6 Å². The van der Waals surface area contributed by atoms with Gasteiger partial charge in [-0.15, -0.1) is 5.10 Å². The maximum absolute atomic E-state index is 12.8. The zero-order valence-electron chi connectivity index (χ0n) is 18.0. The van der Waals surface area contributed by atoms with E-state index in [9.17, 15) is 4.79 Å². The average molecular weight is 435 g/mol. The molecule has 0 atom stereocenters. The van der Waals surface area contributed by atoms with Crippen molar-refractivity contribution in [3.63, 3.8) is 0 Å². The van der Waals surface area contributed by atoms with E-state index < -0.39 is 0 Å². The largest absolute Gasteiger partial charge is 0.494 e. The summed E-state index contributed by atoms with van der Waals surface area (Å²) in [7, 11) is 0. The lowest BCUT2D eigenvalue weighted by Crippen LogP contribution is -2.23. The van der Waals surface area contributed by atoms with Gasteiger partial charge in [-0.05, 0) is 68.3 Å². The van der Waals surface area contributed by atoms with Crippen molar-refractivity contribution in [2.24, 2.45) is 0 Å². The summed E-state index contributed by atoms with van der Waals surface area (Å²) in [6.07, 6.45) is 2.86. The highest BCUT2D eigenvalue weighted by Gasteiger charge is 2.12. The van der Waals surface area contributed by atoms with Crippen LogP contribution in [0.4, 0.5) is 5.69 Å². The highest BCUT2D eigenvalue weighted by atomic mass is 32.1. The van der Waals surface area contributed by atoms with E-state index >= 15 is 0 Å². The Labute approximate surface area is 185 Å². The van der Waals surface area contributed by atoms with Gasteiger partial charge in [0.25, 0.3) is 5.56 Å². The van der Waals surface area contributed by atoms with Gasteiger partial charge in [0.05, 0.1) is 11.1 Å². The fourth-order valence-corrected chi connectivity index (χ4v) is 4.31. The predicted molar refractivity (Wildman–Crippen MR) is 127 cm³/mol. The molecule has 0 saturated carbocycles. The first-order valence-corrected chi connectivity index (χ1v) is 11.4. The Morgan fingerprint density at radius 2 is 1.74 bits per heavy atom. The summed E-state index contributed by atoms with van der Waals surface area (Å²) >= 11 is 1.35. The van der Waals surface area contributed by atoms with Crippen LogP contribution in [0.3, 0.4) is 0 Å². The number of benzene rings is 2. The monoisotopic (exact) mass is 434 g/mol. The molecule has 0 saturated heterocycles. The van der Waals surface area contributed by atoms with Gasteiger partial charge in [0.15, 0.2) is 5.82 Å². The zero-order chi connectivity index (χ0) is 21.8. The van der Waals surface area contributed by atoms with Gasteiger partial charge >= 0.3 is 0 Å². The van der Waals surface area contributed by atoms with Crippen LogP contribution in [0.5, 0.6) is 5.75 Å². The SMILES string of the molecule is CCCOc1ccc(-c2nc3s/c(=C/c4ccc(N(CC)CC)cc4)c(=O)n3n2)cc1. The number of hydrogen-bond acceptors (Lipinski definition) is 6. The van der Waals surface area contributed by atoms with Crippen molar-refractivity contribution in [1.29, 1.82) is 0 Å². The number of nitrogens with zero attached hydrogens (tertiary/aromatic N) is 4. The van der Waals surface area contributed by atoms with Gasteiger partial charge in [-0.2, -0.15) is 9.50 Å². The number of rotatable bonds is 8. The molecule has 2 aromatic heterocycles. The van der Waals surface area contributed by atoms with Crippen LogP contribution in [0.2, 0.25) is 0 Å². The molecule has 0 spiro atoms. The third-order valence-electron chi connectivity index (χ3n) is 5.09. The average Bonchev–Trinajstić information content (AvgIpc) is 3.34. The lowest BCUT2D eigenvalue weighted by Gasteiger charge is -2.20. The van der Waals surface area contributed by atoms with Crippen molar-refractivity contribution in [3.05, 3.63) is 69.0 Å². The molecule has 0 radical (unpaired) electrons. The molecule has 4 rings (SSSR count). The Hall–Kier alpha value is -3.19. The maximum Gasteiger partial charge on any atom is 0.291 e. The summed E-state index contributed by atoms with van der Waals surface area (Å²) in [6.45, 7) is 8.98. The van der Waals surface area contributed by atoms with Crippen LogP contribution in [-0.4, -0.2) is 34.3 Å². The minimum absolute atomic E-state index is 0.144. The van der Waals surface area contributed by atoms with E-state index in [2.05, 4.69) is 47.9 Å². The lowest BCUT2D eigenvalue weighted by molar-refractivity contribution is 0.317. The van der Waals surface area contributed by atoms with Crippen LogP contribution in [-0.2, 0) is 0 Å². The first kappa shape index (κ1) is 21.1. The van der Waals surface area contributed by atoms with Gasteiger partial charge in [-0.1, -0.05) is 30.4 Å². The summed E-state index contributed by atoms with van der Waals surface area (Å²) in [5, 5.41) is 4.43. The molecule has 0 unspecified atom stereocenters. The molecule has 0 amide bonds. The smallest absolute Gasteiger partial charge is 0.291 e. The number of aromatic nitrogens is 3. The lowest BCUT2D eigenvalue weighted by atomic mass is 10.2. The summed E-state index contributed by atoms with van der Waals surface area (Å²) in [5.41, 5.74) is 2.88. The van der Waals surface area contributed by atoms with Gasteiger partial charge in [0.1, 0.15) is 5.75 Å². The maximum atomic E-state index is 12.8. The predicted octanol–water partition coefficient (Wildman–Crippen LogP) is 4.00. The molecule has 7 heteroatoms. The van der Waals surface area contributed by atoms with Gasteiger partial charge in [-0.25, -0.2) is 0 Å². The quantitative estimate of drug-likeness (QED) is 0.420. The number of anilines is 1. The summed E-state index contributed by atoms with van der Waals surface area (Å²) in [6, 6.07) is 15.9. The first-order valence-electron chi connectivity index (χ1n) is 10.6. The topological polar surface area (TPSA) is 59.7 Å². The third-order valence-corrected chi connectivity index (χ3v) is 6.05. The van der Waals surface area contributed by atoms with Crippen LogP contribution in [0.15, 0.2) is 53.3 Å². The van der Waals surface area contributed by atoms with Crippen molar-refractivity contribution in [2.45, 2.75) is 27.2 Å². The van der Waals surface area contributed by atoms with E-state index in [0.29, 0.717) is 21.9 Å². The molecular formula is C24H26N4O2S. The Morgan fingerprint density at radius 1 is 1.03 bits per heavy atom. The van der Waals surface area contributed by atoms with Crippen LogP contribution in [0.1, 0.15) is 32.8 Å². The van der Waals surface area contributed by atoms with Gasteiger partial charge < -0.3 is 9.64 Å². The molecule has 0 aliphatic rings. The summed E-state index contributed by atoms with van der Waals surface area (Å²) in [5.74, 6) is 1.36. The van der Waals surface area contributed by atoms with Gasteiger partial charge in [-0.3, -0.25) is 4.79 Å². The van der Waals surface area contributed by atoms with Crippen molar-refractivity contribution in [1.82, 2.24) is 14.6 Å². The summed E-state index contributed by atoms with van der Waals surface area (Å²) < 4.78 is 7.63. The van der Waals surface area contributed by atoms with Crippen molar-refractivity contribution >= 4 is 28.1 Å². The van der Waals surface area contributed by atoms with Crippen LogP contribution >= 0.6 is 11.3 Å². The Balaban J connectivity index is 1.59. The molecule has 2 heterocycles. The molecule has 0 N–H and O–H groups in total. The van der Waals surface area contributed by atoms with Crippen molar-refractivity contribution < 1.29 is 4.74 Å². The number of thiazole rings is 1. The normalized spacial score (nSPS) is 11.9. The van der Waals surface area contributed by atoms with Crippen LogP contribution < -0.4 is 19.7 Å². The second-order valence-electron chi connectivity index (χ2n) is 7.18. The number of ether oxygens (including phenoxy) is 1. The minimum Gasteiger partial charge on any atom is -0.494 e. The molecule has 0 fully saturated rings. The highest BCUT2D eigenvalue weighted by Crippen LogP contribution is 2.21. The van der Waals surface area contributed by atoms with Gasteiger partial charge in [0, 0.05) is 24.3 Å². The van der Waals surface area contributed by atoms with E-state index in [1.54, 1.807) is 0 Å². The van der Waals surface area contributed by atoms with E-state index in [0.717, 1.165) is 36.4 Å². The number of fused-ring (bicyclic) bond motifs is 1. The molecule has 0 aliphatic carbocycles. The number of hydrogen-bond donors (Lipinski definition) is 0. The molecule has 0 aliphatic heterocycles. The molecular weight excluding hydrogens is 408 g/mol. The Bertz CT molecular complexity index is 1260.